The number of hydrogen-bond acceptors (Lipinski definition) is 3. The van der Waals surface area contributed by atoms with Crippen molar-refractivity contribution in [2.24, 2.45) is 0 Å². The maximum atomic E-state index is 11.6. The molecule has 0 aliphatic carbocycles. The monoisotopic (exact) mass is 218 g/mol. The highest BCUT2D eigenvalue weighted by Crippen LogP contribution is 2.20. The summed E-state index contributed by atoms with van der Waals surface area (Å²) in [5.74, 6) is 2.16. The Hall–Kier alpha value is -2.15. The first kappa shape index (κ1) is 11.9. The van der Waals surface area contributed by atoms with E-state index >= 15 is 0 Å². The van der Waals surface area contributed by atoms with E-state index in [1.165, 1.54) is 12.1 Å². The number of benzene rings is 1. The predicted octanol–water partition coefficient (Wildman–Crippen LogP) is 1.12. The van der Waals surface area contributed by atoms with Gasteiger partial charge in [0.15, 0.2) is 0 Å². The average molecular weight is 218 g/mol. The second kappa shape index (κ2) is 5.66. The highest BCUT2D eigenvalue weighted by atomic mass is 16.3. The van der Waals surface area contributed by atoms with E-state index in [2.05, 4.69) is 11.2 Å². The first-order valence-electron chi connectivity index (χ1n) is 4.95. The van der Waals surface area contributed by atoms with Crippen LogP contribution in [0.15, 0.2) is 18.2 Å². The third kappa shape index (κ3) is 3.21. The van der Waals surface area contributed by atoms with Crippen LogP contribution in [0.2, 0.25) is 0 Å². The molecule has 1 amide bonds. The van der Waals surface area contributed by atoms with Gasteiger partial charge in [-0.3, -0.25) is 4.79 Å². The summed E-state index contributed by atoms with van der Waals surface area (Å²) in [6.45, 7) is 0.522. The molecule has 0 heterocycles. The van der Waals surface area contributed by atoms with Crippen molar-refractivity contribution in [1.29, 1.82) is 0 Å². The summed E-state index contributed by atoms with van der Waals surface area (Å²) < 4.78 is 0. The molecule has 4 nitrogen and oxygen atoms in total. The van der Waals surface area contributed by atoms with Gasteiger partial charge in [-0.15, -0.1) is 12.3 Å². The zero-order chi connectivity index (χ0) is 12.0. The lowest BCUT2D eigenvalue weighted by Gasteiger charge is -2.05. The van der Waals surface area contributed by atoms with Crippen molar-refractivity contribution in [2.45, 2.75) is 12.8 Å². The molecule has 1 rings (SSSR count). The van der Waals surface area contributed by atoms with Gasteiger partial charge in [0.2, 0.25) is 0 Å². The number of rotatable bonds is 4. The molecular formula is C12H14N2O2. The van der Waals surface area contributed by atoms with Gasteiger partial charge in [-0.2, -0.15) is 0 Å². The molecule has 16 heavy (non-hydrogen) atoms. The Balaban J connectivity index is 2.53. The molecule has 0 atom stereocenters. The summed E-state index contributed by atoms with van der Waals surface area (Å²) >= 11 is 0. The van der Waals surface area contributed by atoms with E-state index in [1.807, 2.05) is 0 Å². The number of aromatic hydroxyl groups is 1. The Kier molecular flexibility index (Phi) is 4.22. The molecule has 0 spiro atoms. The number of phenols is 1. The second-order valence-corrected chi connectivity index (χ2v) is 3.34. The molecule has 84 valence electrons. The number of carbonyl (C=O) groups excluding carboxylic acids is 1. The van der Waals surface area contributed by atoms with Gasteiger partial charge < -0.3 is 16.2 Å². The van der Waals surface area contributed by atoms with Crippen LogP contribution < -0.4 is 11.1 Å². The van der Waals surface area contributed by atoms with Crippen LogP contribution in [-0.2, 0) is 0 Å². The Morgan fingerprint density at radius 3 is 2.94 bits per heavy atom. The molecule has 0 aliphatic rings. The molecule has 0 bridgehead atoms. The molecule has 1 aromatic carbocycles. The van der Waals surface area contributed by atoms with E-state index in [0.29, 0.717) is 18.5 Å². The van der Waals surface area contributed by atoms with E-state index in [9.17, 15) is 9.90 Å². The molecule has 1 aromatic rings. The van der Waals surface area contributed by atoms with Crippen LogP contribution in [0.1, 0.15) is 23.2 Å². The minimum atomic E-state index is -0.243. The minimum absolute atomic E-state index is 0.0868. The van der Waals surface area contributed by atoms with Gasteiger partial charge >= 0.3 is 0 Å². The van der Waals surface area contributed by atoms with Crippen LogP contribution in [0.4, 0.5) is 5.69 Å². The van der Waals surface area contributed by atoms with Crippen LogP contribution >= 0.6 is 0 Å². The van der Waals surface area contributed by atoms with Gasteiger partial charge in [0.05, 0.1) is 5.69 Å². The summed E-state index contributed by atoms with van der Waals surface area (Å²) in [6.07, 6.45) is 6.45. The largest absolute Gasteiger partial charge is 0.506 e. The van der Waals surface area contributed by atoms with Gasteiger partial charge in [-0.05, 0) is 24.6 Å². The quantitative estimate of drug-likeness (QED) is 0.307. The molecule has 0 unspecified atom stereocenters. The van der Waals surface area contributed by atoms with Crippen molar-refractivity contribution in [3.8, 4) is 18.1 Å². The molecule has 0 aromatic heterocycles. The minimum Gasteiger partial charge on any atom is -0.506 e. The summed E-state index contributed by atoms with van der Waals surface area (Å²) in [5.41, 5.74) is 6.06. The van der Waals surface area contributed by atoms with Crippen molar-refractivity contribution in [1.82, 2.24) is 5.32 Å². The van der Waals surface area contributed by atoms with Gasteiger partial charge in [0.1, 0.15) is 5.75 Å². The van der Waals surface area contributed by atoms with Crippen molar-refractivity contribution in [2.75, 3.05) is 12.3 Å². The first-order valence-corrected chi connectivity index (χ1v) is 4.95. The normalized spacial score (nSPS) is 9.44. The lowest BCUT2D eigenvalue weighted by molar-refractivity contribution is 0.0953. The fraction of sp³-hybridized carbons (Fsp3) is 0.250. The summed E-state index contributed by atoms with van der Waals surface area (Å²) in [4.78, 5) is 11.6. The Morgan fingerprint density at radius 1 is 1.56 bits per heavy atom. The number of phenolic OH excluding ortho intramolecular Hbond substituents is 1. The maximum absolute atomic E-state index is 11.6. The van der Waals surface area contributed by atoms with E-state index in [-0.39, 0.29) is 17.3 Å². The van der Waals surface area contributed by atoms with Crippen LogP contribution in [0.5, 0.6) is 5.75 Å². The smallest absolute Gasteiger partial charge is 0.251 e. The van der Waals surface area contributed by atoms with Crippen molar-refractivity contribution >= 4 is 11.6 Å². The Labute approximate surface area is 94.5 Å². The zero-order valence-electron chi connectivity index (χ0n) is 8.86. The van der Waals surface area contributed by atoms with Crippen LogP contribution in [0.3, 0.4) is 0 Å². The van der Waals surface area contributed by atoms with Crippen LogP contribution in [-0.4, -0.2) is 17.6 Å². The molecule has 4 heteroatoms. The summed E-state index contributed by atoms with van der Waals surface area (Å²) in [5, 5.41) is 12.0. The van der Waals surface area contributed by atoms with E-state index in [0.717, 1.165) is 6.42 Å². The molecule has 0 radical (unpaired) electrons. The third-order valence-electron chi connectivity index (χ3n) is 2.08. The number of nitrogens with two attached hydrogens (primary N) is 1. The fourth-order valence-corrected chi connectivity index (χ4v) is 1.18. The zero-order valence-corrected chi connectivity index (χ0v) is 8.86. The SMILES string of the molecule is C#CCCCNC(=O)c1ccc(N)c(O)c1. The Morgan fingerprint density at radius 2 is 2.31 bits per heavy atom. The topological polar surface area (TPSA) is 75.4 Å². The number of nitrogens with one attached hydrogen (secondary N) is 1. The number of anilines is 1. The van der Waals surface area contributed by atoms with Gasteiger partial charge in [-0.1, -0.05) is 0 Å². The molecule has 0 saturated carbocycles. The van der Waals surface area contributed by atoms with Crippen molar-refractivity contribution in [3.63, 3.8) is 0 Å². The lowest BCUT2D eigenvalue weighted by Crippen LogP contribution is -2.24. The number of amides is 1. The van der Waals surface area contributed by atoms with Crippen LogP contribution in [0, 0.1) is 12.3 Å². The molecule has 0 saturated heterocycles. The van der Waals surface area contributed by atoms with E-state index in [4.69, 9.17) is 12.2 Å². The Bertz CT molecular complexity index is 422. The highest BCUT2D eigenvalue weighted by Gasteiger charge is 2.06. The first-order chi connectivity index (χ1) is 7.65. The van der Waals surface area contributed by atoms with Crippen molar-refractivity contribution in [3.05, 3.63) is 23.8 Å². The maximum Gasteiger partial charge on any atom is 0.251 e. The number of hydrogen-bond donors (Lipinski definition) is 3. The standard InChI is InChI=1S/C12H14N2O2/c1-2-3-4-7-14-12(16)9-5-6-10(13)11(15)8-9/h1,5-6,8,15H,3-4,7,13H2,(H,14,16). The number of carbonyl (C=O) groups is 1. The number of terminal acetylenes is 1. The van der Waals surface area contributed by atoms with Gasteiger partial charge in [0.25, 0.3) is 5.91 Å². The molecular weight excluding hydrogens is 204 g/mol. The predicted molar refractivity (Wildman–Crippen MR) is 62.9 cm³/mol. The fourth-order valence-electron chi connectivity index (χ4n) is 1.18. The second-order valence-electron chi connectivity index (χ2n) is 3.34. The third-order valence-corrected chi connectivity index (χ3v) is 2.08. The molecule has 0 fully saturated rings. The van der Waals surface area contributed by atoms with Gasteiger partial charge in [-0.25, -0.2) is 0 Å². The molecule has 4 N–H and O–H groups in total. The number of nitrogen functional groups attached to an aromatic ring is 1. The lowest BCUT2D eigenvalue weighted by atomic mass is 10.2. The summed E-state index contributed by atoms with van der Waals surface area (Å²) in [7, 11) is 0. The van der Waals surface area contributed by atoms with Crippen molar-refractivity contribution < 1.29 is 9.90 Å². The number of unbranched alkanes of at least 4 members (excludes halogenated alkanes) is 1. The van der Waals surface area contributed by atoms with Crippen LogP contribution in [0.25, 0.3) is 0 Å². The summed E-state index contributed by atoms with van der Waals surface area (Å²) in [6, 6.07) is 4.39. The molecule has 0 aliphatic heterocycles. The average Bonchev–Trinajstić information content (AvgIpc) is 2.28. The van der Waals surface area contributed by atoms with E-state index < -0.39 is 0 Å². The van der Waals surface area contributed by atoms with Gasteiger partial charge in [0, 0.05) is 18.5 Å². The van der Waals surface area contributed by atoms with E-state index in [1.54, 1.807) is 6.07 Å². The highest BCUT2D eigenvalue weighted by molar-refractivity contribution is 5.95.